The minimum Gasteiger partial charge on any atom is -0.376 e. The maximum Gasteiger partial charge on any atom is 0.111 e. The molecule has 0 spiro atoms. The molecule has 1 aliphatic rings. The number of benzene rings is 1. The van der Waals surface area contributed by atoms with E-state index in [1.165, 1.54) is 5.52 Å². The highest BCUT2D eigenvalue weighted by atomic mass is 79.9. The monoisotopic (exact) mass is 342 g/mol. The Labute approximate surface area is 126 Å². The van der Waals surface area contributed by atoms with Crippen LogP contribution in [0.5, 0.6) is 0 Å². The molecule has 0 amide bonds. The highest BCUT2D eigenvalue weighted by molar-refractivity contribution is 9.10. The van der Waals surface area contributed by atoms with E-state index < -0.39 is 0 Å². The van der Waals surface area contributed by atoms with Gasteiger partial charge in [-0.1, -0.05) is 15.9 Å². The highest BCUT2D eigenvalue weighted by Crippen LogP contribution is 2.32. The Bertz CT molecular complexity index is 598. The molecule has 2 aromatic rings. The summed E-state index contributed by atoms with van der Waals surface area (Å²) in [5.74, 6) is 1.65. The molecule has 1 aromatic heterocycles. The molecule has 3 rings (SSSR count). The minimum absolute atomic E-state index is 0.232. The lowest BCUT2D eigenvalue weighted by Crippen LogP contribution is -2.19. The van der Waals surface area contributed by atoms with E-state index in [0.29, 0.717) is 11.9 Å². The zero-order valence-electron chi connectivity index (χ0n) is 10.8. The van der Waals surface area contributed by atoms with Gasteiger partial charge >= 0.3 is 0 Å². The number of aryl methyl sites for hydroxylation is 1. The predicted octanol–water partition coefficient (Wildman–Crippen LogP) is 3.93. The first-order chi connectivity index (χ1) is 9.20. The van der Waals surface area contributed by atoms with Crippen LogP contribution in [0, 0.1) is 0 Å². The lowest BCUT2D eigenvalue weighted by atomic mass is 10.1. The lowest BCUT2D eigenvalue weighted by Gasteiger charge is -2.19. The smallest absolute Gasteiger partial charge is 0.111 e. The molecule has 2 unspecified atom stereocenters. The third kappa shape index (κ3) is 2.41. The molecule has 102 valence electrons. The summed E-state index contributed by atoms with van der Waals surface area (Å²) in [6, 6.07) is 6.61. The van der Waals surface area contributed by atoms with Crippen molar-refractivity contribution >= 4 is 38.6 Å². The second kappa shape index (κ2) is 5.43. The highest BCUT2D eigenvalue weighted by Gasteiger charge is 2.29. The average molecular weight is 344 g/mol. The van der Waals surface area contributed by atoms with Gasteiger partial charge in [0.15, 0.2) is 0 Å². The Morgan fingerprint density at radius 1 is 1.53 bits per heavy atom. The van der Waals surface area contributed by atoms with Gasteiger partial charge in [0.25, 0.3) is 0 Å². The molecular weight excluding hydrogens is 328 g/mol. The molecule has 0 aliphatic carbocycles. The molecule has 1 fully saturated rings. The van der Waals surface area contributed by atoms with E-state index in [4.69, 9.17) is 21.3 Å². The molecule has 0 N–H and O–H groups in total. The fourth-order valence-corrected chi connectivity index (χ4v) is 3.33. The van der Waals surface area contributed by atoms with Crippen molar-refractivity contribution in [3.05, 3.63) is 28.5 Å². The molecule has 19 heavy (non-hydrogen) atoms. The van der Waals surface area contributed by atoms with Gasteiger partial charge in [-0.05, 0) is 31.5 Å². The number of hydrogen-bond acceptors (Lipinski definition) is 2. The average Bonchev–Trinajstić information content (AvgIpc) is 2.92. The third-order valence-electron chi connectivity index (χ3n) is 3.71. The van der Waals surface area contributed by atoms with Crippen LogP contribution in [0.1, 0.15) is 25.2 Å². The standard InChI is InChI=1S/C14H16BrClN2O/c1-9-12(5-7-19-9)18-13-3-2-10(15)8-11(13)17-14(18)4-6-16/h2-3,8-9,12H,4-7H2,1H3. The van der Waals surface area contributed by atoms with E-state index in [9.17, 15) is 0 Å². The van der Waals surface area contributed by atoms with Gasteiger partial charge in [0, 0.05) is 23.4 Å². The third-order valence-corrected chi connectivity index (χ3v) is 4.39. The maximum atomic E-state index is 5.92. The van der Waals surface area contributed by atoms with Crippen LogP contribution in [-0.4, -0.2) is 28.1 Å². The summed E-state index contributed by atoms with van der Waals surface area (Å²) in [5.41, 5.74) is 2.19. The summed E-state index contributed by atoms with van der Waals surface area (Å²) in [4.78, 5) is 4.74. The van der Waals surface area contributed by atoms with E-state index in [1.807, 2.05) is 0 Å². The first kappa shape index (κ1) is 13.4. The van der Waals surface area contributed by atoms with E-state index in [2.05, 4.69) is 45.6 Å². The zero-order valence-corrected chi connectivity index (χ0v) is 13.1. The van der Waals surface area contributed by atoms with Gasteiger partial charge in [0.2, 0.25) is 0 Å². The fraction of sp³-hybridized carbons (Fsp3) is 0.500. The van der Waals surface area contributed by atoms with Crippen molar-refractivity contribution < 1.29 is 4.74 Å². The van der Waals surface area contributed by atoms with Crippen molar-refractivity contribution in [3.63, 3.8) is 0 Å². The van der Waals surface area contributed by atoms with Crippen LogP contribution in [0.3, 0.4) is 0 Å². The van der Waals surface area contributed by atoms with Gasteiger partial charge in [-0.2, -0.15) is 0 Å². The number of aromatic nitrogens is 2. The number of hydrogen-bond donors (Lipinski definition) is 0. The molecule has 3 nitrogen and oxygen atoms in total. The fourth-order valence-electron chi connectivity index (χ4n) is 2.81. The number of nitrogens with zero attached hydrogens (tertiary/aromatic N) is 2. The summed E-state index contributed by atoms with van der Waals surface area (Å²) in [7, 11) is 0. The second-order valence-corrected chi connectivity index (χ2v) is 6.20. The molecule has 1 saturated heterocycles. The largest absolute Gasteiger partial charge is 0.376 e. The minimum atomic E-state index is 0.232. The lowest BCUT2D eigenvalue weighted by molar-refractivity contribution is 0.108. The Balaban J connectivity index is 2.16. The quantitative estimate of drug-likeness (QED) is 0.790. The van der Waals surface area contributed by atoms with Crippen molar-refractivity contribution in [3.8, 4) is 0 Å². The summed E-state index contributed by atoms with van der Waals surface area (Å²) >= 11 is 9.42. The normalized spacial score (nSPS) is 23.3. The zero-order chi connectivity index (χ0) is 13.4. The molecule has 0 saturated carbocycles. The molecule has 0 bridgehead atoms. The van der Waals surface area contributed by atoms with Crippen LogP contribution in [-0.2, 0) is 11.2 Å². The number of rotatable bonds is 3. The number of imidazole rings is 1. The summed E-state index contributed by atoms with van der Waals surface area (Å²) in [5, 5.41) is 0. The number of fused-ring (bicyclic) bond motifs is 1. The molecule has 0 radical (unpaired) electrons. The Morgan fingerprint density at radius 3 is 3.05 bits per heavy atom. The number of halogens is 2. The van der Waals surface area contributed by atoms with Crippen molar-refractivity contribution in [2.75, 3.05) is 12.5 Å². The van der Waals surface area contributed by atoms with Crippen molar-refractivity contribution in [1.29, 1.82) is 0 Å². The second-order valence-electron chi connectivity index (χ2n) is 4.90. The Hall–Kier alpha value is -0.580. The number of alkyl halides is 1. The first-order valence-corrected chi connectivity index (χ1v) is 7.87. The van der Waals surface area contributed by atoms with E-state index >= 15 is 0 Å². The molecule has 5 heteroatoms. The van der Waals surface area contributed by atoms with Crippen molar-refractivity contribution in [2.24, 2.45) is 0 Å². The Kier molecular flexibility index (Phi) is 3.83. The molecular formula is C14H16BrClN2O. The van der Waals surface area contributed by atoms with Crippen molar-refractivity contribution in [1.82, 2.24) is 9.55 Å². The van der Waals surface area contributed by atoms with Crippen molar-refractivity contribution in [2.45, 2.75) is 31.9 Å². The van der Waals surface area contributed by atoms with Crippen LogP contribution >= 0.6 is 27.5 Å². The van der Waals surface area contributed by atoms with Gasteiger partial charge in [-0.15, -0.1) is 11.6 Å². The summed E-state index contributed by atoms with van der Waals surface area (Å²) in [6.45, 7) is 2.95. The SMILES string of the molecule is CC1OCCC1n1c(CCCl)nc2cc(Br)ccc21. The van der Waals surface area contributed by atoms with Gasteiger partial charge in [0.1, 0.15) is 5.82 Å². The topological polar surface area (TPSA) is 27.1 Å². The van der Waals surface area contributed by atoms with E-state index in [1.54, 1.807) is 0 Å². The summed E-state index contributed by atoms with van der Waals surface area (Å²) < 4.78 is 9.08. The van der Waals surface area contributed by atoms with E-state index in [0.717, 1.165) is 35.3 Å². The Morgan fingerprint density at radius 2 is 2.37 bits per heavy atom. The van der Waals surface area contributed by atoms with Gasteiger partial charge in [-0.3, -0.25) is 0 Å². The van der Waals surface area contributed by atoms with Gasteiger partial charge < -0.3 is 9.30 Å². The number of ether oxygens (including phenoxy) is 1. The van der Waals surface area contributed by atoms with Gasteiger partial charge in [-0.25, -0.2) is 4.98 Å². The van der Waals surface area contributed by atoms with Crippen LogP contribution in [0.2, 0.25) is 0 Å². The van der Waals surface area contributed by atoms with Crippen LogP contribution in [0.4, 0.5) is 0 Å². The van der Waals surface area contributed by atoms with Gasteiger partial charge in [0.05, 0.1) is 23.2 Å². The molecule has 1 aromatic carbocycles. The van der Waals surface area contributed by atoms with Crippen LogP contribution < -0.4 is 0 Å². The first-order valence-electron chi connectivity index (χ1n) is 6.54. The summed E-state index contributed by atoms with van der Waals surface area (Å²) in [6.07, 6.45) is 2.06. The van der Waals surface area contributed by atoms with E-state index in [-0.39, 0.29) is 6.10 Å². The molecule has 2 heterocycles. The van der Waals surface area contributed by atoms with Crippen LogP contribution in [0.25, 0.3) is 11.0 Å². The molecule has 1 aliphatic heterocycles. The van der Waals surface area contributed by atoms with Crippen LogP contribution in [0.15, 0.2) is 22.7 Å². The molecule has 2 atom stereocenters. The maximum absolute atomic E-state index is 5.92. The predicted molar refractivity (Wildman–Crippen MR) is 80.9 cm³/mol.